The largest absolute Gasteiger partial charge is 0.361 e. The van der Waals surface area contributed by atoms with E-state index in [0.29, 0.717) is 13.0 Å². The topological polar surface area (TPSA) is 53.2 Å². The number of hydrogen-bond acceptors (Lipinski definition) is 2. The summed E-state index contributed by atoms with van der Waals surface area (Å²) in [6, 6.07) is 17.6. The minimum Gasteiger partial charge on any atom is -0.361 e. The van der Waals surface area contributed by atoms with Gasteiger partial charge in [-0.25, -0.2) is 12.7 Å². The molecule has 0 fully saturated rings. The van der Waals surface area contributed by atoms with Crippen LogP contribution in [0.2, 0.25) is 0 Å². The fraction of sp³-hybridized carbons (Fsp3) is 0.222. The molecule has 1 aromatic heterocycles. The van der Waals surface area contributed by atoms with E-state index >= 15 is 0 Å². The maximum Gasteiger partial charge on any atom is 0.214 e. The van der Waals surface area contributed by atoms with Gasteiger partial charge < -0.3 is 4.98 Å². The number of sulfonamides is 1. The van der Waals surface area contributed by atoms with Crippen molar-refractivity contribution in [3.8, 4) is 0 Å². The van der Waals surface area contributed by atoms with Crippen molar-refractivity contribution in [1.29, 1.82) is 0 Å². The molecule has 0 amide bonds. The molecule has 4 nitrogen and oxygen atoms in total. The highest BCUT2D eigenvalue weighted by Gasteiger charge is 2.18. The summed E-state index contributed by atoms with van der Waals surface area (Å²) < 4.78 is 26.3. The van der Waals surface area contributed by atoms with Gasteiger partial charge in [0.2, 0.25) is 10.0 Å². The van der Waals surface area contributed by atoms with E-state index in [9.17, 15) is 8.42 Å². The lowest BCUT2D eigenvalue weighted by atomic mass is 10.1. The van der Waals surface area contributed by atoms with Crippen molar-refractivity contribution in [3.63, 3.8) is 0 Å². The Bertz CT molecular complexity index is 886. The third kappa shape index (κ3) is 3.81. The van der Waals surface area contributed by atoms with Crippen molar-refractivity contribution in [2.45, 2.75) is 13.0 Å². The average Bonchev–Trinajstić information content (AvgIpc) is 3.01. The second-order valence-corrected chi connectivity index (χ2v) is 7.90. The zero-order chi connectivity index (χ0) is 16.3. The van der Waals surface area contributed by atoms with Gasteiger partial charge in [-0.3, -0.25) is 0 Å². The summed E-state index contributed by atoms with van der Waals surface area (Å²) >= 11 is 0. The Morgan fingerprint density at radius 2 is 1.78 bits per heavy atom. The summed E-state index contributed by atoms with van der Waals surface area (Å²) in [5.74, 6) is 0.117. The van der Waals surface area contributed by atoms with Crippen LogP contribution in [0.4, 0.5) is 0 Å². The minimum absolute atomic E-state index is 0.117. The van der Waals surface area contributed by atoms with Crippen LogP contribution in [0.15, 0.2) is 60.8 Å². The van der Waals surface area contributed by atoms with Gasteiger partial charge in [0.25, 0.3) is 0 Å². The van der Waals surface area contributed by atoms with Crippen LogP contribution in [0, 0.1) is 0 Å². The van der Waals surface area contributed by atoms with Crippen LogP contribution in [0.3, 0.4) is 0 Å². The zero-order valence-electron chi connectivity index (χ0n) is 13.1. The quantitative estimate of drug-likeness (QED) is 0.755. The number of aromatic nitrogens is 1. The first-order valence-electron chi connectivity index (χ1n) is 7.58. The molecule has 0 spiro atoms. The number of aromatic amines is 1. The molecule has 3 rings (SSSR count). The molecular weight excluding hydrogens is 308 g/mol. The highest BCUT2D eigenvalue weighted by molar-refractivity contribution is 7.89. The van der Waals surface area contributed by atoms with Crippen LogP contribution in [-0.2, 0) is 23.0 Å². The van der Waals surface area contributed by atoms with Crippen molar-refractivity contribution >= 4 is 20.9 Å². The fourth-order valence-corrected chi connectivity index (χ4v) is 3.75. The van der Waals surface area contributed by atoms with Gasteiger partial charge in [0, 0.05) is 25.3 Å². The van der Waals surface area contributed by atoms with Crippen LogP contribution >= 0.6 is 0 Å². The molecular formula is C18H20N2O2S. The molecule has 5 heteroatoms. The van der Waals surface area contributed by atoms with Gasteiger partial charge >= 0.3 is 0 Å². The molecule has 1 heterocycles. The molecule has 0 unspecified atom stereocenters. The number of benzene rings is 2. The number of fused-ring (bicyclic) bond motifs is 1. The third-order valence-corrected chi connectivity index (χ3v) is 5.79. The Morgan fingerprint density at radius 1 is 1.00 bits per heavy atom. The van der Waals surface area contributed by atoms with Crippen molar-refractivity contribution in [2.75, 3.05) is 12.8 Å². The standard InChI is InChI=1S/C18H20N2O2S/c1-20(14-16-5-3-2-4-6-16)23(21,22)12-10-15-7-8-18-17(13-15)9-11-19-18/h2-9,11,13,19H,10,12,14H2,1H3. The smallest absolute Gasteiger partial charge is 0.214 e. The summed E-state index contributed by atoms with van der Waals surface area (Å²) in [6.45, 7) is 0.403. The number of H-pyrrole nitrogens is 1. The van der Waals surface area contributed by atoms with E-state index in [4.69, 9.17) is 0 Å². The summed E-state index contributed by atoms with van der Waals surface area (Å²) in [6.07, 6.45) is 2.40. The van der Waals surface area contributed by atoms with Crippen molar-refractivity contribution in [1.82, 2.24) is 9.29 Å². The van der Waals surface area contributed by atoms with Crippen molar-refractivity contribution < 1.29 is 8.42 Å². The minimum atomic E-state index is -3.27. The molecule has 0 aliphatic heterocycles. The van der Waals surface area contributed by atoms with Gasteiger partial charge in [0.05, 0.1) is 5.75 Å². The number of nitrogens with zero attached hydrogens (tertiary/aromatic N) is 1. The number of aryl methyl sites for hydroxylation is 1. The normalized spacial score (nSPS) is 12.1. The summed E-state index contributed by atoms with van der Waals surface area (Å²) in [7, 11) is -1.63. The SMILES string of the molecule is CN(Cc1ccccc1)S(=O)(=O)CCc1ccc2[nH]ccc2c1. The first kappa shape index (κ1) is 15.8. The molecule has 1 N–H and O–H groups in total. The molecule has 3 aromatic rings. The maximum absolute atomic E-state index is 12.4. The Kier molecular flexibility index (Phi) is 4.50. The fourth-order valence-electron chi connectivity index (χ4n) is 2.60. The molecule has 0 saturated carbocycles. The predicted octanol–water partition coefficient (Wildman–Crippen LogP) is 3.17. The average molecular weight is 328 g/mol. The van der Waals surface area contributed by atoms with Crippen LogP contribution in [-0.4, -0.2) is 30.5 Å². The first-order chi connectivity index (χ1) is 11.0. The van der Waals surface area contributed by atoms with E-state index in [-0.39, 0.29) is 5.75 Å². The molecule has 0 bridgehead atoms. The summed E-state index contributed by atoms with van der Waals surface area (Å²) in [4.78, 5) is 3.14. The molecule has 0 aliphatic carbocycles. The molecule has 0 radical (unpaired) electrons. The van der Waals surface area contributed by atoms with E-state index in [1.807, 2.05) is 60.8 Å². The van der Waals surface area contributed by atoms with Crippen LogP contribution in [0.25, 0.3) is 10.9 Å². The lowest BCUT2D eigenvalue weighted by molar-refractivity contribution is 0.466. The lowest BCUT2D eigenvalue weighted by Crippen LogP contribution is -2.29. The first-order valence-corrected chi connectivity index (χ1v) is 9.19. The maximum atomic E-state index is 12.4. The van der Waals surface area contributed by atoms with E-state index < -0.39 is 10.0 Å². The summed E-state index contributed by atoms with van der Waals surface area (Å²) in [5.41, 5.74) is 3.10. The molecule has 2 aromatic carbocycles. The van der Waals surface area contributed by atoms with E-state index in [1.165, 1.54) is 4.31 Å². The highest BCUT2D eigenvalue weighted by atomic mass is 32.2. The molecule has 0 saturated heterocycles. The van der Waals surface area contributed by atoms with Gasteiger partial charge in [-0.05, 0) is 41.1 Å². The number of rotatable bonds is 6. The second kappa shape index (κ2) is 6.56. The van der Waals surface area contributed by atoms with Crippen LogP contribution in [0.1, 0.15) is 11.1 Å². The lowest BCUT2D eigenvalue weighted by Gasteiger charge is -2.17. The number of hydrogen-bond donors (Lipinski definition) is 1. The van der Waals surface area contributed by atoms with E-state index in [1.54, 1.807) is 7.05 Å². The Morgan fingerprint density at radius 3 is 2.57 bits per heavy atom. The Balaban J connectivity index is 1.65. The van der Waals surface area contributed by atoms with Crippen LogP contribution in [0.5, 0.6) is 0 Å². The van der Waals surface area contributed by atoms with E-state index in [0.717, 1.165) is 22.0 Å². The van der Waals surface area contributed by atoms with E-state index in [2.05, 4.69) is 4.98 Å². The molecule has 0 aliphatic rings. The number of nitrogens with one attached hydrogen (secondary N) is 1. The van der Waals surface area contributed by atoms with Gasteiger partial charge in [0.1, 0.15) is 0 Å². The molecule has 23 heavy (non-hydrogen) atoms. The van der Waals surface area contributed by atoms with Gasteiger partial charge in [-0.15, -0.1) is 0 Å². The van der Waals surface area contributed by atoms with Gasteiger partial charge in [-0.1, -0.05) is 36.4 Å². The van der Waals surface area contributed by atoms with Crippen molar-refractivity contribution in [2.24, 2.45) is 0 Å². The third-order valence-electron chi connectivity index (χ3n) is 3.99. The summed E-state index contributed by atoms with van der Waals surface area (Å²) in [5, 5.41) is 1.11. The Labute approximate surface area is 136 Å². The monoisotopic (exact) mass is 328 g/mol. The Hall–Kier alpha value is -2.11. The molecule has 0 atom stereocenters. The second-order valence-electron chi connectivity index (χ2n) is 5.71. The van der Waals surface area contributed by atoms with Gasteiger partial charge in [-0.2, -0.15) is 0 Å². The molecule has 120 valence electrons. The zero-order valence-corrected chi connectivity index (χ0v) is 13.9. The highest BCUT2D eigenvalue weighted by Crippen LogP contribution is 2.16. The van der Waals surface area contributed by atoms with Crippen LogP contribution < -0.4 is 0 Å². The van der Waals surface area contributed by atoms with Crippen molar-refractivity contribution in [3.05, 3.63) is 71.9 Å². The van der Waals surface area contributed by atoms with Gasteiger partial charge in [0.15, 0.2) is 0 Å². The predicted molar refractivity (Wildman–Crippen MR) is 93.7 cm³/mol.